The Labute approximate surface area is 247 Å². The molecular weight excluding hydrogens is 569 g/mol. The maximum absolute atomic E-state index is 14.0. The largest absolute Gasteiger partial charge is 0.354 e. The lowest BCUT2D eigenvalue weighted by Gasteiger charge is -2.32. The number of sulfonamides is 1. The van der Waals surface area contributed by atoms with Crippen LogP contribution in [0.2, 0.25) is 10.0 Å². The van der Waals surface area contributed by atoms with Gasteiger partial charge >= 0.3 is 0 Å². The molecule has 0 saturated carbocycles. The number of rotatable bonds is 12. The van der Waals surface area contributed by atoms with Crippen LogP contribution in [-0.2, 0) is 26.2 Å². The average Bonchev–Trinajstić information content (AvgIpc) is 2.91. The van der Waals surface area contributed by atoms with Crippen LogP contribution >= 0.6 is 23.2 Å². The van der Waals surface area contributed by atoms with Crippen LogP contribution in [0.25, 0.3) is 0 Å². The summed E-state index contributed by atoms with van der Waals surface area (Å²) in [6, 6.07) is 17.5. The molecule has 0 aliphatic rings. The van der Waals surface area contributed by atoms with E-state index in [0.717, 1.165) is 28.3 Å². The van der Waals surface area contributed by atoms with Gasteiger partial charge in [-0.25, -0.2) is 8.42 Å². The summed E-state index contributed by atoms with van der Waals surface area (Å²) in [5, 5.41) is 3.55. The molecule has 0 fully saturated rings. The van der Waals surface area contributed by atoms with Crippen molar-refractivity contribution in [1.29, 1.82) is 0 Å². The molecular formula is C30H35Cl2N3O4S. The number of unbranched alkanes of at least 4 members (excludes halogenated alkanes) is 1. The third-order valence-electron chi connectivity index (χ3n) is 6.44. The quantitative estimate of drug-likeness (QED) is 0.252. The number of hydrogen-bond donors (Lipinski definition) is 1. The Morgan fingerprint density at radius 1 is 0.925 bits per heavy atom. The number of carbonyl (C=O) groups is 2. The van der Waals surface area contributed by atoms with Crippen molar-refractivity contribution in [1.82, 2.24) is 10.2 Å². The highest BCUT2D eigenvalue weighted by molar-refractivity contribution is 7.92. The molecule has 40 heavy (non-hydrogen) atoms. The zero-order valence-electron chi connectivity index (χ0n) is 23.2. The Hall–Kier alpha value is -3.07. The SMILES string of the molecule is CCCCNC(=O)C(C)N(Cc1ccc(Cl)c(Cl)c1)C(=O)CN(c1cc(C)cc(C)c1)S(=O)(=O)c1ccccc1. The molecule has 1 atom stereocenters. The van der Waals surface area contributed by atoms with E-state index in [9.17, 15) is 18.0 Å². The Morgan fingerprint density at radius 2 is 1.57 bits per heavy atom. The second-order valence-corrected chi connectivity index (χ2v) is 12.4. The zero-order chi connectivity index (χ0) is 29.4. The van der Waals surface area contributed by atoms with E-state index in [1.807, 2.05) is 26.8 Å². The second-order valence-electron chi connectivity index (χ2n) is 9.76. The molecule has 1 unspecified atom stereocenters. The van der Waals surface area contributed by atoms with Crippen LogP contribution in [0.1, 0.15) is 43.4 Å². The molecule has 0 aliphatic carbocycles. The van der Waals surface area contributed by atoms with Crippen molar-refractivity contribution in [3.05, 3.63) is 93.5 Å². The minimum Gasteiger partial charge on any atom is -0.354 e. The Kier molecular flexibility index (Phi) is 11.0. The fourth-order valence-corrected chi connectivity index (χ4v) is 6.04. The molecule has 1 N–H and O–H groups in total. The van der Waals surface area contributed by atoms with Crippen molar-refractivity contribution < 1.29 is 18.0 Å². The van der Waals surface area contributed by atoms with Crippen molar-refractivity contribution in [2.24, 2.45) is 0 Å². The molecule has 0 saturated heterocycles. The topological polar surface area (TPSA) is 86.8 Å². The fraction of sp³-hybridized carbons (Fsp3) is 0.333. The van der Waals surface area contributed by atoms with Gasteiger partial charge in [0.05, 0.1) is 20.6 Å². The first-order valence-electron chi connectivity index (χ1n) is 13.1. The number of anilines is 1. The number of amides is 2. The van der Waals surface area contributed by atoms with Gasteiger partial charge in [0.1, 0.15) is 12.6 Å². The Morgan fingerprint density at radius 3 is 2.17 bits per heavy atom. The lowest BCUT2D eigenvalue weighted by Crippen LogP contribution is -2.51. The smallest absolute Gasteiger partial charge is 0.264 e. The first kappa shape index (κ1) is 31.5. The molecule has 2 amide bonds. The van der Waals surface area contributed by atoms with Gasteiger partial charge in [0.25, 0.3) is 10.0 Å². The van der Waals surface area contributed by atoms with Crippen LogP contribution in [0.5, 0.6) is 0 Å². The van der Waals surface area contributed by atoms with Gasteiger partial charge in [0, 0.05) is 13.1 Å². The molecule has 0 bridgehead atoms. The monoisotopic (exact) mass is 603 g/mol. The van der Waals surface area contributed by atoms with Crippen LogP contribution in [0, 0.1) is 13.8 Å². The summed E-state index contributed by atoms with van der Waals surface area (Å²) in [4.78, 5) is 28.5. The molecule has 0 heterocycles. The van der Waals surface area contributed by atoms with Crippen molar-refractivity contribution in [2.75, 3.05) is 17.4 Å². The second kappa shape index (κ2) is 14.0. The molecule has 214 valence electrons. The van der Waals surface area contributed by atoms with Crippen LogP contribution in [-0.4, -0.2) is 44.3 Å². The molecule has 7 nitrogen and oxygen atoms in total. The minimum atomic E-state index is -4.12. The van der Waals surface area contributed by atoms with Gasteiger partial charge in [0.2, 0.25) is 11.8 Å². The van der Waals surface area contributed by atoms with E-state index in [1.54, 1.807) is 55.5 Å². The van der Waals surface area contributed by atoms with Gasteiger partial charge in [0.15, 0.2) is 0 Å². The van der Waals surface area contributed by atoms with Gasteiger partial charge in [-0.2, -0.15) is 0 Å². The van der Waals surface area contributed by atoms with Crippen molar-refractivity contribution >= 4 is 50.7 Å². The summed E-state index contributed by atoms with van der Waals surface area (Å²) in [6.45, 7) is 7.38. The maximum Gasteiger partial charge on any atom is 0.264 e. The number of hydrogen-bond acceptors (Lipinski definition) is 4. The average molecular weight is 605 g/mol. The fourth-order valence-electron chi connectivity index (χ4n) is 4.30. The highest BCUT2D eigenvalue weighted by Crippen LogP contribution is 2.27. The van der Waals surface area contributed by atoms with Gasteiger partial charge < -0.3 is 10.2 Å². The summed E-state index contributed by atoms with van der Waals surface area (Å²) in [5.41, 5.74) is 2.73. The standard InChI is InChI=1S/C30H35Cl2N3O4S/c1-5-6-14-33-30(37)23(4)34(19-24-12-13-27(31)28(32)18-24)29(36)20-35(25-16-21(2)15-22(3)17-25)40(38,39)26-10-8-7-9-11-26/h7-13,15-18,23H,5-6,14,19-20H2,1-4H3,(H,33,37). The van der Waals surface area contributed by atoms with Crippen LogP contribution in [0.3, 0.4) is 0 Å². The third-order valence-corrected chi connectivity index (χ3v) is 8.97. The van der Waals surface area contributed by atoms with Crippen LogP contribution in [0.15, 0.2) is 71.6 Å². The van der Waals surface area contributed by atoms with Gasteiger partial charge in [-0.1, -0.05) is 66.9 Å². The summed E-state index contributed by atoms with van der Waals surface area (Å²) < 4.78 is 28.9. The number of halogens is 2. The zero-order valence-corrected chi connectivity index (χ0v) is 25.5. The third kappa shape index (κ3) is 7.99. The van der Waals surface area contributed by atoms with Gasteiger partial charge in [-0.15, -0.1) is 0 Å². The van der Waals surface area contributed by atoms with Gasteiger partial charge in [-0.05, 0) is 80.3 Å². The number of carbonyl (C=O) groups excluding carboxylic acids is 2. The highest BCUT2D eigenvalue weighted by Gasteiger charge is 2.32. The number of benzene rings is 3. The normalized spacial score (nSPS) is 12.1. The predicted molar refractivity (Wildman–Crippen MR) is 161 cm³/mol. The van der Waals surface area contributed by atoms with E-state index >= 15 is 0 Å². The van der Waals surface area contributed by atoms with Crippen molar-refractivity contribution in [3.63, 3.8) is 0 Å². The van der Waals surface area contributed by atoms with E-state index < -0.39 is 28.5 Å². The molecule has 0 aromatic heterocycles. The molecule has 3 rings (SSSR count). The van der Waals surface area contributed by atoms with Gasteiger partial charge in [-0.3, -0.25) is 13.9 Å². The number of aryl methyl sites for hydroxylation is 2. The predicted octanol–water partition coefficient (Wildman–Crippen LogP) is 6.14. The summed E-state index contributed by atoms with van der Waals surface area (Å²) >= 11 is 12.3. The summed E-state index contributed by atoms with van der Waals surface area (Å²) in [5.74, 6) is -0.867. The lowest BCUT2D eigenvalue weighted by molar-refractivity contribution is -0.139. The molecule has 3 aromatic carbocycles. The Bertz CT molecular complexity index is 1430. The van der Waals surface area contributed by atoms with E-state index in [4.69, 9.17) is 23.2 Å². The first-order chi connectivity index (χ1) is 18.9. The van der Waals surface area contributed by atoms with Crippen LogP contribution in [0.4, 0.5) is 5.69 Å². The van der Waals surface area contributed by atoms with Crippen molar-refractivity contribution in [3.8, 4) is 0 Å². The molecule has 3 aromatic rings. The van der Waals surface area contributed by atoms with E-state index in [2.05, 4.69) is 5.32 Å². The minimum absolute atomic E-state index is 0.0319. The van der Waals surface area contributed by atoms with Crippen LogP contribution < -0.4 is 9.62 Å². The first-order valence-corrected chi connectivity index (χ1v) is 15.3. The Balaban J connectivity index is 2.03. The van der Waals surface area contributed by atoms with E-state index in [-0.39, 0.29) is 17.3 Å². The molecule has 0 radical (unpaired) electrons. The molecule has 0 spiro atoms. The molecule has 10 heteroatoms. The number of nitrogens with one attached hydrogen (secondary N) is 1. The summed E-state index contributed by atoms with van der Waals surface area (Å²) in [6.07, 6.45) is 1.71. The highest BCUT2D eigenvalue weighted by atomic mass is 35.5. The number of nitrogens with zero attached hydrogens (tertiary/aromatic N) is 2. The summed E-state index contributed by atoms with van der Waals surface area (Å²) in [7, 11) is -4.12. The lowest BCUT2D eigenvalue weighted by atomic mass is 10.1. The maximum atomic E-state index is 14.0. The van der Waals surface area contributed by atoms with E-state index in [0.29, 0.717) is 27.8 Å². The van der Waals surface area contributed by atoms with E-state index in [1.165, 1.54) is 17.0 Å². The molecule has 0 aliphatic heterocycles. The van der Waals surface area contributed by atoms with Crippen molar-refractivity contribution in [2.45, 2.75) is 58.0 Å².